The minimum atomic E-state index is -0.464. The van der Waals surface area contributed by atoms with Crippen molar-refractivity contribution in [2.45, 2.75) is 19.4 Å². The van der Waals surface area contributed by atoms with Crippen LogP contribution in [-0.2, 0) is 17.8 Å². The third kappa shape index (κ3) is 4.56. The van der Waals surface area contributed by atoms with E-state index >= 15 is 0 Å². The number of ether oxygens (including phenoxy) is 1. The lowest BCUT2D eigenvalue weighted by Gasteiger charge is -2.06. The number of hydrogen-bond acceptors (Lipinski definition) is 5. The van der Waals surface area contributed by atoms with Gasteiger partial charge in [-0.05, 0) is 18.1 Å². The minimum Gasteiger partial charge on any atom is -0.445 e. The van der Waals surface area contributed by atoms with Crippen LogP contribution in [0.25, 0.3) is 11.0 Å². The second-order valence-corrected chi connectivity index (χ2v) is 5.73. The Hall–Kier alpha value is -3.42. The van der Waals surface area contributed by atoms with Gasteiger partial charge in [-0.15, -0.1) is 0 Å². The number of non-ortho nitro benzene ring substituents is 1. The van der Waals surface area contributed by atoms with Crippen LogP contribution in [0.4, 0.5) is 10.5 Å². The highest BCUT2D eigenvalue weighted by molar-refractivity contribution is 5.77. The summed E-state index contributed by atoms with van der Waals surface area (Å²) in [4.78, 5) is 29.4. The van der Waals surface area contributed by atoms with E-state index in [9.17, 15) is 14.9 Å². The predicted octanol–water partition coefficient (Wildman–Crippen LogP) is 3.33. The molecule has 0 atom stereocenters. The number of aromatic nitrogens is 2. The number of H-pyrrole nitrogens is 1. The van der Waals surface area contributed by atoms with E-state index in [1.165, 1.54) is 12.1 Å². The Morgan fingerprint density at radius 3 is 2.81 bits per heavy atom. The van der Waals surface area contributed by atoms with Crippen LogP contribution in [0.15, 0.2) is 48.5 Å². The predicted molar refractivity (Wildman–Crippen MR) is 95.7 cm³/mol. The van der Waals surface area contributed by atoms with Crippen molar-refractivity contribution >= 4 is 22.8 Å². The van der Waals surface area contributed by atoms with Gasteiger partial charge >= 0.3 is 6.09 Å². The SMILES string of the molecule is O=C(NCCCc1nc2ccc([N+](=O)[O-])cc2[nH]1)OCc1ccccc1. The van der Waals surface area contributed by atoms with E-state index in [-0.39, 0.29) is 12.3 Å². The first-order valence-electron chi connectivity index (χ1n) is 8.19. The maximum atomic E-state index is 11.6. The lowest BCUT2D eigenvalue weighted by Crippen LogP contribution is -2.25. The molecule has 3 rings (SSSR count). The summed E-state index contributed by atoms with van der Waals surface area (Å²) in [7, 11) is 0. The quantitative estimate of drug-likeness (QED) is 0.384. The maximum Gasteiger partial charge on any atom is 0.407 e. The molecule has 134 valence electrons. The van der Waals surface area contributed by atoms with Crippen molar-refractivity contribution < 1.29 is 14.5 Å². The van der Waals surface area contributed by atoms with Crippen molar-refractivity contribution in [3.8, 4) is 0 Å². The molecule has 0 aliphatic rings. The monoisotopic (exact) mass is 354 g/mol. The highest BCUT2D eigenvalue weighted by Gasteiger charge is 2.09. The number of rotatable bonds is 7. The van der Waals surface area contributed by atoms with Crippen LogP contribution in [-0.4, -0.2) is 27.5 Å². The Kier molecular flexibility index (Phi) is 5.43. The number of carbonyl (C=O) groups excluding carboxylic acids is 1. The normalized spacial score (nSPS) is 10.6. The average Bonchev–Trinajstić information content (AvgIpc) is 3.06. The zero-order chi connectivity index (χ0) is 18.4. The van der Waals surface area contributed by atoms with Gasteiger partial charge in [-0.1, -0.05) is 30.3 Å². The number of alkyl carbamates (subject to hydrolysis) is 1. The number of nitrogens with zero attached hydrogens (tertiary/aromatic N) is 2. The highest BCUT2D eigenvalue weighted by atomic mass is 16.6. The zero-order valence-corrected chi connectivity index (χ0v) is 14.0. The van der Waals surface area contributed by atoms with Crippen molar-refractivity contribution in [2.75, 3.05) is 6.54 Å². The van der Waals surface area contributed by atoms with Crippen molar-refractivity contribution in [1.29, 1.82) is 0 Å². The molecule has 0 radical (unpaired) electrons. The van der Waals surface area contributed by atoms with Gasteiger partial charge < -0.3 is 15.0 Å². The molecule has 2 N–H and O–H groups in total. The first-order chi connectivity index (χ1) is 12.6. The summed E-state index contributed by atoms with van der Waals surface area (Å²) in [5.74, 6) is 0.722. The lowest BCUT2D eigenvalue weighted by molar-refractivity contribution is -0.384. The molecule has 0 bridgehead atoms. The van der Waals surface area contributed by atoms with Gasteiger partial charge in [-0.2, -0.15) is 0 Å². The van der Waals surface area contributed by atoms with Gasteiger partial charge in [0, 0.05) is 25.1 Å². The van der Waals surface area contributed by atoms with Crippen LogP contribution >= 0.6 is 0 Å². The molecule has 0 aliphatic carbocycles. The Morgan fingerprint density at radius 2 is 2.04 bits per heavy atom. The summed E-state index contributed by atoms with van der Waals surface area (Å²) < 4.78 is 5.13. The summed E-state index contributed by atoms with van der Waals surface area (Å²) in [6, 6.07) is 14.0. The molecule has 0 saturated heterocycles. The van der Waals surface area contributed by atoms with Gasteiger partial charge in [0.2, 0.25) is 0 Å². The molecule has 26 heavy (non-hydrogen) atoms. The molecule has 1 aromatic heterocycles. The topological polar surface area (TPSA) is 110 Å². The van der Waals surface area contributed by atoms with Gasteiger partial charge in [0.25, 0.3) is 5.69 Å². The number of nitro groups is 1. The molecular weight excluding hydrogens is 336 g/mol. The molecule has 0 aliphatic heterocycles. The molecule has 3 aromatic rings. The molecule has 8 heteroatoms. The number of aromatic amines is 1. The fourth-order valence-corrected chi connectivity index (χ4v) is 2.50. The lowest BCUT2D eigenvalue weighted by atomic mass is 10.2. The fraction of sp³-hybridized carbons (Fsp3) is 0.222. The molecule has 1 amide bonds. The molecule has 8 nitrogen and oxygen atoms in total. The number of imidazole rings is 1. The number of nitrogens with one attached hydrogen (secondary N) is 2. The Balaban J connectivity index is 1.42. The molecule has 0 fully saturated rings. The first kappa shape index (κ1) is 17.4. The van der Waals surface area contributed by atoms with E-state index in [0.717, 1.165) is 11.4 Å². The van der Waals surface area contributed by atoms with Crippen molar-refractivity contribution in [1.82, 2.24) is 15.3 Å². The standard InChI is InChI=1S/C18H18N4O4/c23-18(26-12-13-5-2-1-3-6-13)19-10-4-7-17-20-15-9-8-14(22(24)25)11-16(15)21-17/h1-3,5-6,8-9,11H,4,7,10,12H2,(H,19,23)(H,20,21). The van der Waals surface area contributed by atoms with E-state index in [1.54, 1.807) is 6.07 Å². The number of carbonyl (C=O) groups is 1. The molecule has 2 aromatic carbocycles. The number of aryl methyl sites for hydroxylation is 1. The largest absolute Gasteiger partial charge is 0.445 e. The van der Waals surface area contributed by atoms with Gasteiger partial charge in [0.05, 0.1) is 16.0 Å². The van der Waals surface area contributed by atoms with Crippen molar-refractivity contribution in [2.24, 2.45) is 0 Å². The van der Waals surface area contributed by atoms with Crippen LogP contribution in [0.1, 0.15) is 17.8 Å². The van der Waals surface area contributed by atoms with Crippen LogP contribution in [0.2, 0.25) is 0 Å². The highest BCUT2D eigenvalue weighted by Crippen LogP contribution is 2.19. The maximum absolute atomic E-state index is 11.6. The second kappa shape index (κ2) is 8.11. The Labute approximate surface area is 149 Å². The first-order valence-corrected chi connectivity index (χ1v) is 8.19. The van der Waals surface area contributed by atoms with Crippen LogP contribution in [0, 0.1) is 10.1 Å². The van der Waals surface area contributed by atoms with Gasteiger partial charge in [0.1, 0.15) is 12.4 Å². The third-order valence-corrected chi connectivity index (χ3v) is 3.80. The van der Waals surface area contributed by atoms with Crippen LogP contribution < -0.4 is 5.32 Å². The van der Waals surface area contributed by atoms with E-state index in [4.69, 9.17) is 4.74 Å². The third-order valence-electron chi connectivity index (χ3n) is 3.80. The van der Waals surface area contributed by atoms with Crippen LogP contribution in [0.5, 0.6) is 0 Å². The van der Waals surface area contributed by atoms with Gasteiger partial charge in [-0.25, -0.2) is 9.78 Å². The number of fused-ring (bicyclic) bond motifs is 1. The molecule has 0 spiro atoms. The molecular formula is C18H18N4O4. The van der Waals surface area contributed by atoms with Gasteiger partial charge in [0.15, 0.2) is 0 Å². The average molecular weight is 354 g/mol. The van der Waals surface area contributed by atoms with E-state index < -0.39 is 11.0 Å². The summed E-state index contributed by atoms with van der Waals surface area (Å²) in [6.45, 7) is 0.680. The van der Waals surface area contributed by atoms with Crippen LogP contribution in [0.3, 0.4) is 0 Å². The van der Waals surface area contributed by atoms with E-state index in [2.05, 4.69) is 15.3 Å². The number of benzene rings is 2. The Bertz CT molecular complexity index is 908. The molecule has 0 saturated carbocycles. The number of amides is 1. The smallest absolute Gasteiger partial charge is 0.407 e. The van der Waals surface area contributed by atoms with E-state index in [1.807, 2.05) is 30.3 Å². The summed E-state index contributed by atoms with van der Waals surface area (Å²) >= 11 is 0. The molecule has 1 heterocycles. The number of hydrogen-bond donors (Lipinski definition) is 2. The van der Waals surface area contributed by atoms with Crippen molar-refractivity contribution in [3.63, 3.8) is 0 Å². The summed E-state index contributed by atoms with van der Waals surface area (Å²) in [5, 5.41) is 13.5. The van der Waals surface area contributed by atoms with E-state index in [0.29, 0.717) is 30.4 Å². The van der Waals surface area contributed by atoms with Gasteiger partial charge in [-0.3, -0.25) is 10.1 Å². The summed E-state index contributed by atoms with van der Waals surface area (Å²) in [5.41, 5.74) is 2.26. The van der Waals surface area contributed by atoms with Crippen molar-refractivity contribution in [3.05, 3.63) is 70.0 Å². The minimum absolute atomic E-state index is 0.0236. The fourth-order valence-electron chi connectivity index (χ4n) is 2.50. The zero-order valence-electron chi connectivity index (χ0n) is 14.0. The Morgan fingerprint density at radius 1 is 1.23 bits per heavy atom. The second-order valence-electron chi connectivity index (χ2n) is 5.73. The summed E-state index contributed by atoms with van der Waals surface area (Å²) in [6.07, 6.45) is 0.818. The number of nitro benzene ring substituents is 1. The molecule has 0 unspecified atom stereocenters.